The van der Waals surface area contributed by atoms with E-state index in [9.17, 15) is 9.59 Å². The minimum atomic E-state index is -0.925. The number of aryl methyl sites for hydroxylation is 1. The molecule has 1 rings (SSSR count). The molecular weight excluding hydrogens is 222 g/mol. The van der Waals surface area contributed by atoms with Gasteiger partial charge < -0.3 is 14.8 Å². The molecule has 0 aliphatic rings. The van der Waals surface area contributed by atoms with Gasteiger partial charge in [0.2, 0.25) is 0 Å². The van der Waals surface area contributed by atoms with Crippen molar-refractivity contribution in [1.82, 2.24) is 5.32 Å². The lowest BCUT2D eigenvalue weighted by atomic mass is 10.1. The van der Waals surface area contributed by atoms with Crippen molar-refractivity contribution in [2.24, 2.45) is 5.92 Å². The SMILES string of the molecule is CCCc1occc1C(=O)NCC(C)C(=O)O. The third-order valence-electron chi connectivity index (χ3n) is 2.46. The molecule has 0 saturated carbocycles. The van der Waals surface area contributed by atoms with Crippen LogP contribution in [0.4, 0.5) is 0 Å². The summed E-state index contributed by atoms with van der Waals surface area (Å²) in [6.07, 6.45) is 3.06. The largest absolute Gasteiger partial charge is 0.481 e. The van der Waals surface area contributed by atoms with Crippen molar-refractivity contribution in [3.8, 4) is 0 Å². The minimum Gasteiger partial charge on any atom is -0.481 e. The maximum atomic E-state index is 11.8. The Morgan fingerprint density at radius 2 is 2.24 bits per heavy atom. The number of hydrogen-bond acceptors (Lipinski definition) is 3. The van der Waals surface area contributed by atoms with Crippen molar-refractivity contribution in [2.75, 3.05) is 6.54 Å². The van der Waals surface area contributed by atoms with E-state index in [1.165, 1.54) is 6.26 Å². The molecule has 5 heteroatoms. The van der Waals surface area contributed by atoms with Crippen LogP contribution in [0.15, 0.2) is 16.7 Å². The maximum absolute atomic E-state index is 11.8. The summed E-state index contributed by atoms with van der Waals surface area (Å²) in [7, 11) is 0. The second kappa shape index (κ2) is 6.08. The number of carboxylic acids is 1. The fraction of sp³-hybridized carbons (Fsp3) is 0.500. The van der Waals surface area contributed by atoms with Gasteiger partial charge in [-0.2, -0.15) is 0 Å². The van der Waals surface area contributed by atoms with Crippen molar-refractivity contribution in [3.63, 3.8) is 0 Å². The van der Waals surface area contributed by atoms with Gasteiger partial charge in [-0.25, -0.2) is 0 Å². The predicted molar refractivity (Wildman–Crippen MR) is 61.8 cm³/mol. The van der Waals surface area contributed by atoms with Gasteiger partial charge in [-0.05, 0) is 12.5 Å². The first-order chi connectivity index (χ1) is 8.06. The molecule has 94 valence electrons. The van der Waals surface area contributed by atoms with Gasteiger partial charge in [0, 0.05) is 13.0 Å². The van der Waals surface area contributed by atoms with E-state index < -0.39 is 11.9 Å². The first-order valence-corrected chi connectivity index (χ1v) is 5.63. The Balaban J connectivity index is 2.57. The lowest BCUT2D eigenvalue weighted by Crippen LogP contribution is -2.31. The summed E-state index contributed by atoms with van der Waals surface area (Å²) >= 11 is 0. The summed E-state index contributed by atoms with van der Waals surface area (Å²) < 4.78 is 5.20. The van der Waals surface area contributed by atoms with Crippen LogP contribution in [0.1, 0.15) is 36.4 Å². The van der Waals surface area contributed by atoms with Gasteiger partial charge in [-0.15, -0.1) is 0 Å². The number of rotatable bonds is 6. The predicted octanol–water partition coefficient (Wildman–Crippen LogP) is 1.68. The van der Waals surface area contributed by atoms with E-state index in [0.717, 1.165) is 6.42 Å². The zero-order valence-corrected chi connectivity index (χ0v) is 10.0. The normalized spacial score (nSPS) is 12.1. The summed E-state index contributed by atoms with van der Waals surface area (Å²) in [6, 6.07) is 1.60. The van der Waals surface area contributed by atoms with Crippen LogP contribution < -0.4 is 5.32 Å². The van der Waals surface area contributed by atoms with Crippen molar-refractivity contribution in [1.29, 1.82) is 0 Å². The van der Waals surface area contributed by atoms with Crippen LogP contribution in [0.25, 0.3) is 0 Å². The molecule has 17 heavy (non-hydrogen) atoms. The molecule has 0 radical (unpaired) electrons. The highest BCUT2D eigenvalue weighted by molar-refractivity contribution is 5.95. The Morgan fingerprint density at radius 3 is 2.82 bits per heavy atom. The number of aliphatic carboxylic acids is 1. The van der Waals surface area contributed by atoms with E-state index in [1.54, 1.807) is 13.0 Å². The molecule has 1 amide bonds. The van der Waals surface area contributed by atoms with Crippen molar-refractivity contribution < 1.29 is 19.1 Å². The first-order valence-electron chi connectivity index (χ1n) is 5.63. The Labute approximate surface area is 99.8 Å². The average molecular weight is 239 g/mol. The number of carbonyl (C=O) groups excluding carboxylic acids is 1. The number of carbonyl (C=O) groups is 2. The fourth-order valence-electron chi connectivity index (χ4n) is 1.39. The molecule has 0 aliphatic heterocycles. The Morgan fingerprint density at radius 1 is 1.53 bits per heavy atom. The van der Waals surface area contributed by atoms with Gasteiger partial charge in [-0.3, -0.25) is 9.59 Å². The fourth-order valence-corrected chi connectivity index (χ4v) is 1.39. The number of hydrogen-bond donors (Lipinski definition) is 2. The Hall–Kier alpha value is -1.78. The smallest absolute Gasteiger partial charge is 0.308 e. The average Bonchev–Trinajstić information content (AvgIpc) is 2.74. The van der Waals surface area contributed by atoms with Crippen LogP contribution in [0.5, 0.6) is 0 Å². The van der Waals surface area contributed by atoms with E-state index in [1.807, 2.05) is 6.92 Å². The molecule has 0 spiro atoms. The van der Waals surface area contributed by atoms with E-state index in [0.29, 0.717) is 17.7 Å². The number of furan rings is 1. The molecule has 1 atom stereocenters. The lowest BCUT2D eigenvalue weighted by Gasteiger charge is -2.08. The first kappa shape index (κ1) is 13.3. The van der Waals surface area contributed by atoms with E-state index in [-0.39, 0.29) is 12.5 Å². The second-order valence-corrected chi connectivity index (χ2v) is 3.96. The molecule has 2 N–H and O–H groups in total. The highest BCUT2D eigenvalue weighted by atomic mass is 16.4. The number of carboxylic acid groups (broad SMARTS) is 1. The third kappa shape index (κ3) is 3.62. The molecule has 0 bridgehead atoms. The van der Waals surface area contributed by atoms with Crippen LogP contribution in [-0.4, -0.2) is 23.5 Å². The number of nitrogens with one attached hydrogen (secondary N) is 1. The van der Waals surface area contributed by atoms with Crippen molar-refractivity contribution >= 4 is 11.9 Å². The van der Waals surface area contributed by atoms with Crippen molar-refractivity contribution in [3.05, 3.63) is 23.7 Å². The van der Waals surface area contributed by atoms with Gasteiger partial charge in [0.1, 0.15) is 5.76 Å². The van der Waals surface area contributed by atoms with Crippen LogP contribution in [0, 0.1) is 5.92 Å². The molecule has 0 fully saturated rings. The quantitative estimate of drug-likeness (QED) is 0.791. The molecule has 1 unspecified atom stereocenters. The third-order valence-corrected chi connectivity index (χ3v) is 2.46. The summed E-state index contributed by atoms with van der Waals surface area (Å²) in [4.78, 5) is 22.4. The van der Waals surface area contributed by atoms with Gasteiger partial charge in [-0.1, -0.05) is 13.8 Å². The standard InChI is InChI=1S/C12H17NO4/c1-3-4-10-9(5-6-17-10)11(14)13-7-8(2)12(15)16/h5-6,8H,3-4,7H2,1-2H3,(H,13,14)(H,15,16). The zero-order valence-electron chi connectivity index (χ0n) is 10.0. The maximum Gasteiger partial charge on any atom is 0.308 e. The lowest BCUT2D eigenvalue weighted by molar-refractivity contribution is -0.140. The Bertz CT molecular complexity index is 397. The van der Waals surface area contributed by atoms with E-state index in [4.69, 9.17) is 9.52 Å². The Kier molecular flexibility index (Phi) is 4.75. The van der Waals surface area contributed by atoms with Crippen LogP contribution in [0.2, 0.25) is 0 Å². The molecule has 0 saturated heterocycles. The van der Waals surface area contributed by atoms with Crippen LogP contribution >= 0.6 is 0 Å². The molecule has 1 aromatic rings. The van der Waals surface area contributed by atoms with Gasteiger partial charge in [0.05, 0.1) is 17.7 Å². The van der Waals surface area contributed by atoms with E-state index >= 15 is 0 Å². The highest BCUT2D eigenvalue weighted by Gasteiger charge is 2.16. The molecule has 1 aromatic heterocycles. The molecule has 0 aliphatic carbocycles. The van der Waals surface area contributed by atoms with Crippen molar-refractivity contribution in [2.45, 2.75) is 26.7 Å². The highest BCUT2D eigenvalue weighted by Crippen LogP contribution is 2.12. The molecule has 0 aromatic carbocycles. The molecule has 5 nitrogen and oxygen atoms in total. The monoisotopic (exact) mass is 239 g/mol. The summed E-state index contributed by atoms with van der Waals surface area (Å²) in [5, 5.41) is 11.3. The van der Waals surface area contributed by atoms with Gasteiger partial charge >= 0.3 is 5.97 Å². The second-order valence-electron chi connectivity index (χ2n) is 3.96. The van der Waals surface area contributed by atoms with Gasteiger partial charge in [0.25, 0.3) is 5.91 Å². The summed E-state index contributed by atoms with van der Waals surface area (Å²) in [5.74, 6) is -1.16. The van der Waals surface area contributed by atoms with Crippen LogP contribution in [-0.2, 0) is 11.2 Å². The molecular formula is C12H17NO4. The summed E-state index contributed by atoms with van der Waals surface area (Å²) in [6.45, 7) is 3.66. The molecule has 1 heterocycles. The van der Waals surface area contributed by atoms with Gasteiger partial charge in [0.15, 0.2) is 0 Å². The minimum absolute atomic E-state index is 0.116. The topological polar surface area (TPSA) is 79.5 Å². The van der Waals surface area contributed by atoms with E-state index in [2.05, 4.69) is 5.32 Å². The number of amides is 1. The zero-order chi connectivity index (χ0) is 12.8. The van der Waals surface area contributed by atoms with Crippen LogP contribution in [0.3, 0.4) is 0 Å². The summed E-state index contributed by atoms with van der Waals surface area (Å²) in [5.41, 5.74) is 0.490.